The summed E-state index contributed by atoms with van der Waals surface area (Å²) in [5.41, 5.74) is 7.52. The molecule has 5 heteroatoms. The number of nitrogens with zero attached hydrogens (tertiary/aromatic N) is 1. The summed E-state index contributed by atoms with van der Waals surface area (Å²) in [5.74, 6) is 0.683. The quantitative estimate of drug-likeness (QED) is 0.831. The van der Waals surface area contributed by atoms with Crippen molar-refractivity contribution in [2.75, 3.05) is 18.2 Å². The second kappa shape index (κ2) is 5.27. The Bertz CT molecular complexity index is 539. The molecule has 3 N–H and O–H groups in total. The predicted octanol–water partition coefficient (Wildman–Crippen LogP) is 3.22. The van der Waals surface area contributed by atoms with E-state index in [2.05, 4.69) is 17.2 Å². The number of hydrogen-bond donors (Lipinski definition) is 2. The number of para-hydroxylation sites is 1. The summed E-state index contributed by atoms with van der Waals surface area (Å²) >= 11 is 1.69. The van der Waals surface area contributed by atoms with Gasteiger partial charge in [0.15, 0.2) is 0 Å². The standard InChI is InChI=1S/C13H17N3OS/c1-8-7-15-13(18-8)9(2)16-10-5-4-6-11(17-3)12(10)14/h4-7,9,16H,14H2,1-3H3. The molecule has 0 aliphatic heterocycles. The number of anilines is 2. The van der Waals surface area contributed by atoms with Crippen molar-refractivity contribution in [1.82, 2.24) is 4.98 Å². The van der Waals surface area contributed by atoms with Crippen molar-refractivity contribution in [3.8, 4) is 5.75 Å². The normalized spacial score (nSPS) is 12.2. The first-order valence-electron chi connectivity index (χ1n) is 5.73. The maximum Gasteiger partial charge on any atom is 0.143 e. The van der Waals surface area contributed by atoms with Crippen LogP contribution in [0.1, 0.15) is 22.9 Å². The summed E-state index contributed by atoms with van der Waals surface area (Å²) < 4.78 is 5.20. The van der Waals surface area contributed by atoms with Crippen LogP contribution in [0.2, 0.25) is 0 Å². The number of aryl methyl sites for hydroxylation is 1. The third-order valence-corrected chi connectivity index (χ3v) is 3.76. The van der Waals surface area contributed by atoms with Crippen LogP contribution in [0, 0.1) is 6.92 Å². The van der Waals surface area contributed by atoms with Crippen molar-refractivity contribution in [3.05, 3.63) is 34.3 Å². The van der Waals surface area contributed by atoms with Gasteiger partial charge in [0.1, 0.15) is 10.8 Å². The number of nitrogens with two attached hydrogens (primary N) is 1. The van der Waals surface area contributed by atoms with Gasteiger partial charge < -0.3 is 15.8 Å². The van der Waals surface area contributed by atoms with Gasteiger partial charge in [-0.3, -0.25) is 0 Å². The van der Waals surface area contributed by atoms with Crippen molar-refractivity contribution in [2.45, 2.75) is 19.9 Å². The van der Waals surface area contributed by atoms with Gasteiger partial charge in [0.25, 0.3) is 0 Å². The van der Waals surface area contributed by atoms with Crippen LogP contribution < -0.4 is 15.8 Å². The van der Waals surface area contributed by atoms with E-state index in [1.807, 2.05) is 31.3 Å². The number of nitrogens with one attached hydrogen (secondary N) is 1. The van der Waals surface area contributed by atoms with Crippen molar-refractivity contribution in [2.24, 2.45) is 0 Å². The molecular formula is C13H17N3OS. The third-order valence-electron chi connectivity index (χ3n) is 2.67. The molecule has 1 aromatic heterocycles. The average molecular weight is 263 g/mol. The molecule has 1 atom stereocenters. The average Bonchev–Trinajstić information content (AvgIpc) is 2.78. The minimum absolute atomic E-state index is 0.123. The summed E-state index contributed by atoms with van der Waals surface area (Å²) in [6, 6.07) is 5.82. The number of benzene rings is 1. The number of nitrogen functional groups attached to an aromatic ring is 1. The first-order valence-corrected chi connectivity index (χ1v) is 6.54. The van der Waals surface area contributed by atoms with Gasteiger partial charge in [0, 0.05) is 11.1 Å². The highest BCUT2D eigenvalue weighted by molar-refractivity contribution is 7.11. The molecule has 0 saturated carbocycles. The smallest absolute Gasteiger partial charge is 0.143 e. The van der Waals surface area contributed by atoms with E-state index in [0.717, 1.165) is 10.7 Å². The second-order valence-electron chi connectivity index (χ2n) is 4.10. The molecule has 0 aliphatic carbocycles. The van der Waals surface area contributed by atoms with Crippen LogP contribution in [0.5, 0.6) is 5.75 Å². The Morgan fingerprint density at radius 3 is 2.83 bits per heavy atom. The number of methoxy groups -OCH3 is 1. The minimum atomic E-state index is 0.123. The lowest BCUT2D eigenvalue weighted by atomic mass is 10.2. The zero-order valence-corrected chi connectivity index (χ0v) is 11.5. The van der Waals surface area contributed by atoms with Crippen LogP contribution in [-0.4, -0.2) is 12.1 Å². The van der Waals surface area contributed by atoms with E-state index in [4.69, 9.17) is 10.5 Å². The van der Waals surface area contributed by atoms with E-state index < -0.39 is 0 Å². The fourth-order valence-electron chi connectivity index (χ4n) is 1.72. The number of aromatic nitrogens is 1. The molecule has 96 valence electrons. The zero-order chi connectivity index (χ0) is 13.1. The monoisotopic (exact) mass is 263 g/mol. The SMILES string of the molecule is COc1cccc(NC(C)c2ncc(C)s2)c1N. The molecule has 2 aromatic rings. The molecule has 0 amide bonds. The molecule has 0 radical (unpaired) electrons. The van der Waals surface area contributed by atoms with E-state index in [9.17, 15) is 0 Å². The van der Waals surface area contributed by atoms with E-state index in [0.29, 0.717) is 11.4 Å². The lowest BCUT2D eigenvalue weighted by Gasteiger charge is -2.16. The molecule has 1 unspecified atom stereocenters. The Kier molecular flexibility index (Phi) is 3.72. The Balaban J connectivity index is 2.19. The number of thiazole rings is 1. The van der Waals surface area contributed by atoms with Crippen LogP contribution in [0.3, 0.4) is 0 Å². The summed E-state index contributed by atoms with van der Waals surface area (Å²) in [6.45, 7) is 4.12. The second-order valence-corrected chi connectivity index (χ2v) is 5.36. The molecule has 1 aromatic carbocycles. The van der Waals surface area contributed by atoms with Crippen molar-refractivity contribution in [1.29, 1.82) is 0 Å². The Hall–Kier alpha value is -1.75. The van der Waals surface area contributed by atoms with E-state index in [1.54, 1.807) is 18.4 Å². The van der Waals surface area contributed by atoms with Crippen LogP contribution >= 0.6 is 11.3 Å². The van der Waals surface area contributed by atoms with Gasteiger partial charge in [-0.15, -0.1) is 11.3 Å². The Labute approximate surface area is 111 Å². The summed E-state index contributed by atoms with van der Waals surface area (Å²) in [5, 5.41) is 4.41. The van der Waals surface area contributed by atoms with E-state index in [1.165, 1.54) is 4.88 Å². The molecule has 1 heterocycles. The zero-order valence-electron chi connectivity index (χ0n) is 10.7. The fourth-order valence-corrected chi connectivity index (χ4v) is 2.49. The minimum Gasteiger partial charge on any atom is -0.495 e. The van der Waals surface area contributed by atoms with Crippen LogP contribution in [-0.2, 0) is 0 Å². The molecule has 0 bridgehead atoms. The topological polar surface area (TPSA) is 60.2 Å². The molecule has 2 rings (SSSR count). The Morgan fingerprint density at radius 1 is 1.44 bits per heavy atom. The highest BCUT2D eigenvalue weighted by Crippen LogP contribution is 2.32. The van der Waals surface area contributed by atoms with Gasteiger partial charge in [0.05, 0.1) is 24.5 Å². The molecule has 4 nitrogen and oxygen atoms in total. The number of rotatable bonds is 4. The van der Waals surface area contributed by atoms with E-state index in [-0.39, 0.29) is 6.04 Å². The highest BCUT2D eigenvalue weighted by Gasteiger charge is 2.12. The number of ether oxygens (including phenoxy) is 1. The third kappa shape index (κ3) is 2.56. The van der Waals surface area contributed by atoms with Crippen molar-refractivity contribution in [3.63, 3.8) is 0 Å². The first-order chi connectivity index (χ1) is 8.61. The lowest BCUT2D eigenvalue weighted by molar-refractivity contribution is 0.417. The fraction of sp³-hybridized carbons (Fsp3) is 0.308. The molecule has 0 aliphatic rings. The van der Waals surface area contributed by atoms with Gasteiger partial charge in [-0.25, -0.2) is 4.98 Å². The maximum atomic E-state index is 6.02. The molecule has 0 spiro atoms. The summed E-state index contributed by atoms with van der Waals surface area (Å²) in [7, 11) is 1.61. The molecule has 0 fully saturated rings. The van der Waals surface area contributed by atoms with Gasteiger partial charge in [0.2, 0.25) is 0 Å². The van der Waals surface area contributed by atoms with Gasteiger partial charge in [-0.2, -0.15) is 0 Å². The predicted molar refractivity (Wildman–Crippen MR) is 76.3 cm³/mol. The molecule has 0 saturated heterocycles. The van der Waals surface area contributed by atoms with Crippen LogP contribution in [0.4, 0.5) is 11.4 Å². The number of hydrogen-bond acceptors (Lipinski definition) is 5. The lowest BCUT2D eigenvalue weighted by Crippen LogP contribution is -2.08. The van der Waals surface area contributed by atoms with Crippen molar-refractivity contribution < 1.29 is 4.74 Å². The highest BCUT2D eigenvalue weighted by atomic mass is 32.1. The Morgan fingerprint density at radius 2 is 2.22 bits per heavy atom. The summed E-state index contributed by atoms with van der Waals surface area (Å²) in [4.78, 5) is 5.57. The van der Waals surface area contributed by atoms with Crippen LogP contribution in [0.25, 0.3) is 0 Å². The molecule has 18 heavy (non-hydrogen) atoms. The largest absolute Gasteiger partial charge is 0.495 e. The van der Waals surface area contributed by atoms with Gasteiger partial charge in [-0.1, -0.05) is 6.07 Å². The summed E-state index contributed by atoms with van der Waals surface area (Å²) in [6.07, 6.45) is 1.88. The van der Waals surface area contributed by atoms with Crippen LogP contribution in [0.15, 0.2) is 24.4 Å². The van der Waals surface area contributed by atoms with E-state index >= 15 is 0 Å². The first kappa shape index (κ1) is 12.7. The maximum absolute atomic E-state index is 6.02. The molecular weight excluding hydrogens is 246 g/mol. The van der Waals surface area contributed by atoms with Gasteiger partial charge >= 0.3 is 0 Å². The van der Waals surface area contributed by atoms with Gasteiger partial charge in [-0.05, 0) is 26.0 Å². The van der Waals surface area contributed by atoms with Crippen molar-refractivity contribution >= 4 is 22.7 Å².